The van der Waals surface area contributed by atoms with Crippen LogP contribution in [0, 0.1) is 0 Å². The molecule has 0 fully saturated rings. The van der Waals surface area contributed by atoms with Crippen molar-refractivity contribution in [3.63, 3.8) is 0 Å². The molecule has 0 bridgehead atoms. The summed E-state index contributed by atoms with van der Waals surface area (Å²) in [4.78, 5) is 12.0. The van der Waals surface area contributed by atoms with Gasteiger partial charge >= 0.3 is 0 Å². The zero-order valence-corrected chi connectivity index (χ0v) is 15.4. The van der Waals surface area contributed by atoms with Crippen molar-refractivity contribution < 1.29 is 17.9 Å². The molecule has 134 valence electrons. The summed E-state index contributed by atoms with van der Waals surface area (Å²) in [6.07, 6.45) is 0. The fourth-order valence-corrected chi connectivity index (χ4v) is 3.43. The van der Waals surface area contributed by atoms with E-state index in [0.717, 1.165) is 0 Å². The summed E-state index contributed by atoms with van der Waals surface area (Å²) in [6.45, 7) is 3.26. The Hall–Kier alpha value is -2.09. The first kappa shape index (κ1) is 19.2. The first-order valence-corrected chi connectivity index (χ1v) is 9.43. The van der Waals surface area contributed by atoms with Crippen LogP contribution in [0.2, 0.25) is 5.02 Å². The van der Waals surface area contributed by atoms with Gasteiger partial charge in [0.25, 0.3) is 5.91 Å². The van der Waals surface area contributed by atoms with Crippen LogP contribution in [0.25, 0.3) is 0 Å². The Morgan fingerprint density at radius 3 is 2.36 bits per heavy atom. The molecular formula is C17H19ClN2O4S. The van der Waals surface area contributed by atoms with Gasteiger partial charge in [-0.3, -0.25) is 4.79 Å². The number of carbonyl (C=O) groups excluding carboxylic acids is 1. The van der Waals surface area contributed by atoms with Gasteiger partial charge in [0.2, 0.25) is 10.0 Å². The van der Waals surface area contributed by atoms with Crippen molar-refractivity contribution in [1.82, 2.24) is 4.72 Å². The number of rotatable bonds is 7. The molecule has 0 saturated heterocycles. The number of nitrogens with one attached hydrogen (secondary N) is 2. The third-order valence-electron chi connectivity index (χ3n) is 3.04. The molecule has 0 atom stereocenters. The van der Waals surface area contributed by atoms with Gasteiger partial charge in [-0.2, -0.15) is 0 Å². The summed E-state index contributed by atoms with van der Waals surface area (Å²) >= 11 is 5.96. The topological polar surface area (TPSA) is 84.5 Å². The van der Waals surface area contributed by atoms with Crippen molar-refractivity contribution in [2.24, 2.45) is 0 Å². The number of hydrogen-bond acceptors (Lipinski definition) is 4. The number of benzene rings is 2. The predicted octanol–water partition coefficient (Wildman–Crippen LogP) is 3.04. The van der Waals surface area contributed by atoms with Crippen LogP contribution in [-0.4, -0.2) is 27.0 Å². The molecule has 0 saturated carbocycles. The van der Waals surface area contributed by atoms with E-state index in [-0.39, 0.29) is 23.5 Å². The van der Waals surface area contributed by atoms with E-state index < -0.39 is 10.0 Å². The fraction of sp³-hybridized carbons (Fsp3) is 0.235. The Labute approximate surface area is 152 Å². The first-order chi connectivity index (χ1) is 11.8. The normalized spacial score (nSPS) is 11.4. The molecular weight excluding hydrogens is 364 g/mol. The van der Waals surface area contributed by atoms with E-state index >= 15 is 0 Å². The van der Waals surface area contributed by atoms with Crippen LogP contribution in [-0.2, 0) is 14.8 Å². The van der Waals surface area contributed by atoms with Crippen molar-refractivity contribution in [1.29, 1.82) is 0 Å². The predicted molar refractivity (Wildman–Crippen MR) is 97.5 cm³/mol. The van der Waals surface area contributed by atoms with Crippen molar-refractivity contribution >= 4 is 33.2 Å². The number of para-hydroxylation sites is 1. The van der Waals surface area contributed by atoms with E-state index in [2.05, 4.69) is 10.0 Å². The third-order valence-corrected chi connectivity index (χ3v) is 5.05. The van der Waals surface area contributed by atoms with Crippen molar-refractivity contribution in [2.45, 2.75) is 24.8 Å². The minimum atomic E-state index is -3.55. The summed E-state index contributed by atoms with van der Waals surface area (Å²) in [5.41, 5.74) is 0.499. The quantitative estimate of drug-likeness (QED) is 0.770. The van der Waals surface area contributed by atoms with Crippen LogP contribution in [0.15, 0.2) is 53.4 Å². The molecule has 0 aliphatic carbocycles. The smallest absolute Gasteiger partial charge is 0.262 e. The van der Waals surface area contributed by atoms with Crippen LogP contribution < -0.4 is 14.8 Å². The maximum atomic E-state index is 12.0. The van der Waals surface area contributed by atoms with Crippen LogP contribution in [0.5, 0.6) is 5.75 Å². The van der Waals surface area contributed by atoms with Crippen LogP contribution >= 0.6 is 11.6 Å². The summed E-state index contributed by atoms with van der Waals surface area (Å²) < 4.78 is 31.9. The van der Waals surface area contributed by atoms with Crippen LogP contribution in [0.1, 0.15) is 13.8 Å². The number of halogens is 1. The maximum Gasteiger partial charge on any atom is 0.262 e. The van der Waals surface area contributed by atoms with Crippen molar-refractivity contribution in [3.05, 3.63) is 53.6 Å². The minimum Gasteiger partial charge on any atom is -0.484 e. The third kappa shape index (κ3) is 5.74. The molecule has 0 unspecified atom stereocenters. The highest BCUT2D eigenvalue weighted by Crippen LogP contribution is 2.20. The van der Waals surface area contributed by atoms with Gasteiger partial charge in [0, 0.05) is 6.04 Å². The van der Waals surface area contributed by atoms with Gasteiger partial charge in [-0.05, 0) is 50.2 Å². The number of sulfonamides is 1. The maximum absolute atomic E-state index is 12.0. The van der Waals surface area contributed by atoms with E-state index in [9.17, 15) is 13.2 Å². The highest BCUT2D eigenvalue weighted by molar-refractivity contribution is 7.89. The second-order valence-electron chi connectivity index (χ2n) is 5.56. The molecule has 2 N–H and O–H groups in total. The number of anilines is 1. The number of amides is 1. The summed E-state index contributed by atoms with van der Waals surface area (Å²) in [7, 11) is -3.55. The molecule has 8 heteroatoms. The average molecular weight is 383 g/mol. The van der Waals surface area contributed by atoms with E-state index in [0.29, 0.717) is 16.5 Å². The lowest BCUT2D eigenvalue weighted by molar-refractivity contribution is -0.118. The second kappa shape index (κ2) is 8.33. The molecule has 2 rings (SSSR count). The number of carbonyl (C=O) groups is 1. The largest absolute Gasteiger partial charge is 0.484 e. The zero-order valence-electron chi connectivity index (χ0n) is 13.8. The zero-order chi connectivity index (χ0) is 18.4. The monoisotopic (exact) mass is 382 g/mol. The van der Waals surface area contributed by atoms with Crippen molar-refractivity contribution in [2.75, 3.05) is 11.9 Å². The first-order valence-electron chi connectivity index (χ1n) is 7.57. The highest BCUT2D eigenvalue weighted by Gasteiger charge is 2.15. The molecule has 6 nitrogen and oxygen atoms in total. The summed E-state index contributed by atoms with van der Waals surface area (Å²) in [6, 6.07) is 12.5. The van der Waals surface area contributed by atoms with E-state index in [1.807, 2.05) is 0 Å². The fourth-order valence-electron chi connectivity index (χ4n) is 1.99. The Bertz CT molecular complexity index is 836. The SMILES string of the molecule is CC(C)NS(=O)(=O)c1ccc(OCC(=O)Nc2ccccc2Cl)cc1. The second-order valence-corrected chi connectivity index (χ2v) is 7.69. The summed E-state index contributed by atoms with van der Waals surface area (Å²) in [5, 5.41) is 3.07. The lowest BCUT2D eigenvalue weighted by atomic mass is 10.3. The molecule has 0 aromatic heterocycles. The van der Waals surface area contributed by atoms with Gasteiger partial charge in [-0.15, -0.1) is 0 Å². The molecule has 2 aromatic carbocycles. The average Bonchev–Trinajstić information content (AvgIpc) is 2.54. The van der Waals surface area contributed by atoms with Gasteiger partial charge < -0.3 is 10.1 Å². The number of hydrogen-bond donors (Lipinski definition) is 2. The highest BCUT2D eigenvalue weighted by atomic mass is 35.5. The Morgan fingerprint density at radius 2 is 1.76 bits per heavy atom. The van der Waals surface area contributed by atoms with Gasteiger partial charge in [-0.1, -0.05) is 23.7 Å². The van der Waals surface area contributed by atoms with Crippen molar-refractivity contribution in [3.8, 4) is 5.75 Å². The Morgan fingerprint density at radius 1 is 1.12 bits per heavy atom. The van der Waals surface area contributed by atoms with Crippen LogP contribution in [0.4, 0.5) is 5.69 Å². The molecule has 0 aliphatic rings. The Kier molecular flexibility index (Phi) is 6.41. The van der Waals surface area contributed by atoms with Gasteiger partial charge in [0.05, 0.1) is 15.6 Å². The molecule has 0 aliphatic heterocycles. The van der Waals surface area contributed by atoms with Gasteiger partial charge in [-0.25, -0.2) is 13.1 Å². The van der Waals surface area contributed by atoms with Gasteiger partial charge in [0.15, 0.2) is 6.61 Å². The lowest BCUT2D eigenvalue weighted by Crippen LogP contribution is -2.30. The van der Waals surface area contributed by atoms with Crippen LogP contribution in [0.3, 0.4) is 0 Å². The van der Waals surface area contributed by atoms with Gasteiger partial charge in [0.1, 0.15) is 5.75 Å². The molecule has 0 radical (unpaired) electrons. The molecule has 0 spiro atoms. The lowest BCUT2D eigenvalue weighted by Gasteiger charge is -2.11. The minimum absolute atomic E-state index is 0.133. The molecule has 25 heavy (non-hydrogen) atoms. The number of ether oxygens (including phenoxy) is 1. The molecule has 2 aromatic rings. The summed E-state index contributed by atoms with van der Waals surface area (Å²) in [5.74, 6) is 0.0177. The van der Waals surface area contributed by atoms with E-state index in [1.165, 1.54) is 24.3 Å². The van der Waals surface area contributed by atoms with E-state index in [1.54, 1.807) is 38.1 Å². The van der Waals surface area contributed by atoms with E-state index in [4.69, 9.17) is 16.3 Å². The molecule has 1 amide bonds. The Balaban J connectivity index is 1.93. The molecule has 0 heterocycles. The standard InChI is InChI=1S/C17H19ClN2O4S/c1-12(2)20-25(22,23)14-9-7-13(8-10-14)24-11-17(21)19-16-6-4-3-5-15(16)18/h3-10,12,20H,11H2,1-2H3,(H,19,21).